The predicted octanol–water partition coefficient (Wildman–Crippen LogP) is 4.28. The number of nitro groups is 1. The van der Waals surface area contributed by atoms with E-state index in [1.165, 1.54) is 37.3 Å². The van der Waals surface area contributed by atoms with E-state index < -0.39 is 22.9 Å². The van der Waals surface area contributed by atoms with E-state index in [1.807, 2.05) is 0 Å². The molecule has 8 nitrogen and oxygen atoms in total. The highest BCUT2D eigenvalue weighted by Gasteiger charge is 2.20. The second kappa shape index (κ2) is 9.45. The zero-order valence-electron chi connectivity index (χ0n) is 16.5. The number of hydrogen-bond donors (Lipinski definition) is 1. The Morgan fingerprint density at radius 2 is 1.52 bits per heavy atom. The van der Waals surface area contributed by atoms with Gasteiger partial charge in [0, 0.05) is 28.9 Å². The number of nitrogens with zero attached hydrogens (tertiary/aromatic N) is 1. The minimum atomic E-state index is -0.988. The van der Waals surface area contributed by atoms with Crippen LogP contribution in [0.1, 0.15) is 38.0 Å². The number of non-ortho nitro benzene ring substituents is 1. The molecule has 0 heterocycles. The van der Waals surface area contributed by atoms with Gasteiger partial charge in [-0.05, 0) is 31.2 Å². The summed E-state index contributed by atoms with van der Waals surface area (Å²) in [5.74, 6) is -1.62. The van der Waals surface area contributed by atoms with E-state index in [2.05, 4.69) is 5.32 Å². The molecular formula is C23H18N2O6. The highest BCUT2D eigenvalue weighted by Crippen LogP contribution is 2.17. The first-order chi connectivity index (χ1) is 14.8. The van der Waals surface area contributed by atoms with E-state index >= 15 is 0 Å². The highest BCUT2D eigenvalue weighted by atomic mass is 16.6. The van der Waals surface area contributed by atoms with Gasteiger partial charge in [-0.3, -0.25) is 19.7 Å². The van der Waals surface area contributed by atoms with Gasteiger partial charge in [0.25, 0.3) is 11.6 Å². The van der Waals surface area contributed by atoms with Crippen LogP contribution in [0.4, 0.5) is 11.4 Å². The van der Waals surface area contributed by atoms with Crippen LogP contribution in [0.25, 0.3) is 0 Å². The lowest BCUT2D eigenvalue weighted by Gasteiger charge is -2.13. The molecule has 0 saturated heterocycles. The SMILES string of the molecule is C[C@H](OC(=O)c1cccc(NC(=O)c2cccc([N+](=O)[O-])c2)c1)C(=O)c1ccccc1. The average molecular weight is 418 g/mol. The fourth-order valence-electron chi connectivity index (χ4n) is 2.81. The Morgan fingerprint density at radius 1 is 0.871 bits per heavy atom. The maximum atomic E-state index is 12.5. The van der Waals surface area contributed by atoms with Crippen molar-refractivity contribution in [2.75, 3.05) is 5.32 Å². The Labute approximate surface area is 177 Å². The number of esters is 1. The van der Waals surface area contributed by atoms with Crippen molar-refractivity contribution >= 4 is 29.0 Å². The minimum absolute atomic E-state index is 0.101. The lowest BCUT2D eigenvalue weighted by Crippen LogP contribution is -2.24. The molecule has 0 bridgehead atoms. The molecule has 31 heavy (non-hydrogen) atoms. The molecule has 0 aliphatic carbocycles. The smallest absolute Gasteiger partial charge is 0.338 e. The molecule has 1 amide bonds. The van der Waals surface area contributed by atoms with Gasteiger partial charge >= 0.3 is 5.97 Å². The molecule has 0 radical (unpaired) electrons. The number of carbonyl (C=O) groups excluding carboxylic acids is 3. The van der Waals surface area contributed by atoms with Crippen LogP contribution in [0.5, 0.6) is 0 Å². The molecule has 3 aromatic rings. The zero-order chi connectivity index (χ0) is 22.4. The number of ketones is 1. The Bertz CT molecular complexity index is 1140. The molecule has 0 aliphatic heterocycles. The van der Waals surface area contributed by atoms with Crippen LogP contribution in [-0.4, -0.2) is 28.7 Å². The Morgan fingerprint density at radius 3 is 2.23 bits per heavy atom. The van der Waals surface area contributed by atoms with Crippen LogP contribution in [0.2, 0.25) is 0 Å². The highest BCUT2D eigenvalue weighted by molar-refractivity contribution is 6.05. The van der Waals surface area contributed by atoms with E-state index in [9.17, 15) is 24.5 Å². The molecule has 0 spiro atoms. The quantitative estimate of drug-likeness (QED) is 0.265. The zero-order valence-corrected chi connectivity index (χ0v) is 16.5. The van der Waals surface area contributed by atoms with Crippen LogP contribution in [0.3, 0.4) is 0 Å². The molecule has 3 aromatic carbocycles. The van der Waals surface area contributed by atoms with Crippen molar-refractivity contribution in [1.82, 2.24) is 0 Å². The second-order valence-corrected chi connectivity index (χ2v) is 6.62. The Hall–Kier alpha value is -4.33. The van der Waals surface area contributed by atoms with Gasteiger partial charge in [0.15, 0.2) is 6.10 Å². The van der Waals surface area contributed by atoms with Crippen molar-refractivity contribution in [2.45, 2.75) is 13.0 Å². The van der Waals surface area contributed by atoms with Crippen LogP contribution >= 0.6 is 0 Å². The second-order valence-electron chi connectivity index (χ2n) is 6.62. The van der Waals surface area contributed by atoms with Crippen LogP contribution in [-0.2, 0) is 4.74 Å². The van der Waals surface area contributed by atoms with Gasteiger partial charge in [-0.1, -0.05) is 42.5 Å². The van der Waals surface area contributed by atoms with E-state index in [4.69, 9.17) is 4.74 Å². The molecule has 156 valence electrons. The summed E-state index contributed by atoms with van der Waals surface area (Å²) < 4.78 is 5.26. The first-order valence-corrected chi connectivity index (χ1v) is 9.31. The van der Waals surface area contributed by atoms with Gasteiger partial charge in [0.05, 0.1) is 10.5 Å². The molecule has 0 saturated carbocycles. The minimum Gasteiger partial charge on any atom is -0.451 e. The first kappa shape index (κ1) is 21.4. The standard InChI is InChI=1S/C23H18N2O6/c1-15(21(26)16-7-3-2-4-8-16)31-23(28)18-10-5-11-19(13-18)24-22(27)17-9-6-12-20(14-17)25(29)30/h2-15H,1H3,(H,24,27)/t15-/m0/s1. The van der Waals surface area contributed by atoms with E-state index in [-0.39, 0.29) is 22.6 Å². The molecule has 0 aliphatic rings. The molecule has 0 unspecified atom stereocenters. The normalized spacial score (nSPS) is 11.3. The number of Topliss-reactive ketones (excluding diaryl/α,β-unsaturated/α-hetero) is 1. The van der Waals surface area contributed by atoms with Gasteiger partial charge in [-0.25, -0.2) is 4.79 Å². The van der Waals surface area contributed by atoms with E-state index in [1.54, 1.807) is 42.5 Å². The lowest BCUT2D eigenvalue weighted by atomic mass is 10.1. The summed E-state index contributed by atoms with van der Waals surface area (Å²) in [6.45, 7) is 1.49. The Balaban J connectivity index is 1.69. The number of carbonyl (C=O) groups is 3. The summed E-state index contributed by atoms with van der Waals surface area (Å²) in [6.07, 6.45) is -0.988. The molecule has 0 aromatic heterocycles. The number of anilines is 1. The molecule has 1 N–H and O–H groups in total. The fraction of sp³-hybridized carbons (Fsp3) is 0.0870. The number of benzene rings is 3. The summed E-state index contributed by atoms with van der Waals surface area (Å²) in [7, 11) is 0. The predicted molar refractivity (Wildman–Crippen MR) is 113 cm³/mol. The fourth-order valence-corrected chi connectivity index (χ4v) is 2.81. The van der Waals surface area contributed by atoms with Crippen molar-refractivity contribution in [3.8, 4) is 0 Å². The number of ether oxygens (including phenoxy) is 1. The molecular weight excluding hydrogens is 400 g/mol. The van der Waals surface area contributed by atoms with Crippen LogP contribution < -0.4 is 5.32 Å². The van der Waals surface area contributed by atoms with Crippen molar-refractivity contribution in [3.05, 3.63) is 106 Å². The van der Waals surface area contributed by atoms with Crippen molar-refractivity contribution < 1.29 is 24.0 Å². The first-order valence-electron chi connectivity index (χ1n) is 9.31. The van der Waals surface area contributed by atoms with Crippen molar-refractivity contribution in [1.29, 1.82) is 0 Å². The number of amides is 1. The van der Waals surface area contributed by atoms with E-state index in [0.29, 0.717) is 11.3 Å². The lowest BCUT2D eigenvalue weighted by molar-refractivity contribution is -0.384. The number of rotatable bonds is 7. The molecule has 0 fully saturated rings. The maximum absolute atomic E-state index is 12.5. The van der Waals surface area contributed by atoms with Gasteiger partial charge in [0.2, 0.25) is 5.78 Å². The summed E-state index contributed by atoms with van der Waals surface area (Å²) in [5.41, 5.74) is 0.768. The summed E-state index contributed by atoms with van der Waals surface area (Å²) in [4.78, 5) is 47.5. The van der Waals surface area contributed by atoms with Crippen molar-refractivity contribution in [3.63, 3.8) is 0 Å². The number of hydrogen-bond acceptors (Lipinski definition) is 6. The molecule has 3 rings (SSSR count). The van der Waals surface area contributed by atoms with Gasteiger partial charge in [-0.2, -0.15) is 0 Å². The monoisotopic (exact) mass is 418 g/mol. The van der Waals surface area contributed by atoms with Gasteiger partial charge in [0.1, 0.15) is 0 Å². The third-order valence-electron chi connectivity index (χ3n) is 4.39. The van der Waals surface area contributed by atoms with Crippen LogP contribution in [0.15, 0.2) is 78.9 Å². The molecule has 8 heteroatoms. The maximum Gasteiger partial charge on any atom is 0.338 e. The third-order valence-corrected chi connectivity index (χ3v) is 4.39. The summed E-state index contributed by atoms with van der Waals surface area (Å²) in [6, 6.07) is 19.8. The van der Waals surface area contributed by atoms with E-state index in [0.717, 1.165) is 6.07 Å². The third kappa shape index (κ3) is 5.39. The number of nitrogens with one attached hydrogen (secondary N) is 1. The number of nitro benzene ring substituents is 1. The molecule has 1 atom stereocenters. The summed E-state index contributed by atoms with van der Waals surface area (Å²) in [5, 5.41) is 13.5. The van der Waals surface area contributed by atoms with Crippen molar-refractivity contribution in [2.24, 2.45) is 0 Å². The van der Waals surface area contributed by atoms with Gasteiger partial charge < -0.3 is 10.1 Å². The Kier molecular flexibility index (Phi) is 6.51. The van der Waals surface area contributed by atoms with Crippen LogP contribution in [0, 0.1) is 10.1 Å². The van der Waals surface area contributed by atoms with Gasteiger partial charge in [-0.15, -0.1) is 0 Å². The topological polar surface area (TPSA) is 116 Å². The average Bonchev–Trinajstić information content (AvgIpc) is 2.79. The largest absolute Gasteiger partial charge is 0.451 e. The summed E-state index contributed by atoms with van der Waals surface area (Å²) >= 11 is 0.